The minimum absolute atomic E-state index is 0.470. The van der Waals surface area contributed by atoms with Gasteiger partial charge in [0.15, 0.2) is 0 Å². The molecule has 0 bridgehead atoms. The maximum absolute atomic E-state index is 10.3. The molecule has 1 aromatic heterocycles. The van der Waals surface area contributed by atoms with Gasteiger partial charge in [-0.15, -0.1) is 6.58 Å². The molecule has 0 fully saturated rings. The van der Waals surface area contributed by atoms with Crippen molar-refractivity contribution in [3.63, 3.8) is 0 Å². The van der Waals surface area contributed by atoms with Gasteiger partial charge >= 0.3 is 0 Å². The molecular formula is C25H41Cl2N3O. The van der Waals surface area contributed by atoms with Gasteiger partial charge < -0.3 is 20.3 Å². The van der Waals surface area contributed by atoms with Gasteiger partial charge in [0.1, 0.15) is 6.23 Å². The second-order valence-electron chi connectivity index (χ2n) is 6.44. The highest BCUT2D eigenvalue weighted by molar-refractivity contribution is 6.45. The fourth-order valence-corrected chi connectivity index (χ4v) is 3.77. The summed E-state index contributed by atoms with van der Waals surface area (Å²) in [6.07, 6.45) is 7.64. The summed E-state index contributed by atoms with van der Waals surface area (Å²) in [5, 5.41) is 19.0. The van der Waals surface area contributed by atoms with E-state index in [2.05, 4.69) is 28.7 Å². The zero-order valence-corrected chi connectivity index (χ0v) is 21.6. The van der Waals surface area contributed by atoms with E-state index >= 15 is 0 Å². The van der Waals surface area contributed by atoms with Crippen LogP contribution in [0.4, 0.5) is 0 Å². The van der Waals surface area contributed by atoms with Gasteiger partial charge in [-0.05, 0) is 50.2 Å². The number of nitrogens with one attached hydrogen (secondary N) is 2. The van der Waals surface area contributed by atoms with Gasteiger partial charge in [0.2, 0.25) is 0 Å². The summed E-state index contributed by atoms with van der Waals surface area (Å²) in [4.78, 5) is 0. The van der Waals surface area contributed by atoms with Crippen LogP contribution in [0.15, 0.2) is 37.1 Å². The number of fused-ring (bicyclic) bond motifs is 3. The predicted molar refractivity (Wildman–Crippen MR) is 139 cm³/mol. The molecular weight excluding hydrogens is 429 g/mol. The molecule has 3 N–H and O–H groups in total. The monoisotopic (exact) mass is 469 g/mol. The van der Waals surface area contributed by atoms with Crippen LogP contribution in [0.25, 0.3) is 10.9 Å². The van der Waals surface area contributed by atoms with Gasteiger partial charge in [0, 0.05) is 24.0 Å². The molecule has 0 saturated heterocycles. The average Bonchev–Trinajstić information content (AvgIpc) is 2.92. The van der Waals surface area contributed by atoms with Crippen molar-refractivity contribution in [2.45, 2.75) is 73.6 Å². The molecule has 1 aliphatic heterocycles. The first-order valence-electron chi connectivity index (χ1n) is 11.4. The number of rotatable bonds is 5. The Hall–Kier alpha value is -1.46. The van der Waals surface area contributed by atoms with Crippen LogP contribution in [0.5, 0.6) is 0 Å². The molecule has 1 aliphatic rings. The molecule has 2 heterocycles. The number of nitrogens with zero attached hydrogens (tertiary/aromatic N) is 1. The summed E-state index contributed by atoms with van der Waals surface area (Å²) < 4.78 is 2.18. The van der Waals surface area contributed by atoms with Crippen molar-refractivity contribution in [2.24, 2.45) is 0 Å². The zero-order chi connectivity index (χ0) is 23.8. The van der Waals surface area contributed by atoms with Crippen molar-refractivity contribution in [3.05, 3.63) is 58.4 Å². The van der Waals surface area contributed by atoms with E-state index in [4.69, 9.17) is 23.2 Å². The fraction of sp³-hybridized carbons (Fsp3) is 0.520. The van der Waals surface area contributed by atoms with Crippen LogP contribution in [0, 0.1) is 0 Å². The number of aliphatic hydroxyl groups excluding tert-OH is 1. The van der Waals surface area contributed by atoms with Crippen molar-refractivity contribution in [1.29, 1.82) is 0 Å². The molecule has 0 aliphatic carbocycles. The van der Waals surface area contributed by atoms with E-state index in [1.807, 2.05) is 52.8 Å². The Morgan fingerprint density at radius 2 is 1.81 bits per heavy atom. The molecule has 2 aromatic rings. The van der Waals surface area contributed by atoms with Crippen LogP contribution in [0.2, 0.25) is 10.0 Å². The molecule has 0 saturated carbocycles. The molecule has 1 unspecified atom stereocenters. The van der Waals surface area contributed by atoms with Gasteiger partial charge in [0.25, 0.3) is 0 Å². The predicted octanol–water partition coefficient (Wildman–Crippen LogP) is 6.71. The van der Waals surface area contributed by atoms with Gasteiger partial charge in [-0.3, -0.25) is 0 Å². The second-order valence-corrected chi connectivity index (χ2v) is 7.23. The summed E-state index contributed by atoms with van der Waals surface area (Å²) in [6, 6.07) is 3.83. The summed E-state index contributed by atoms with van der Waals surface area (Å²) >= 11 is 12.8. The maximum Gasteiger partial charge on any atom is 0.142 e. The van der Waals surface area contributed by atoms with E-state index in [-0.39, 0.29) is 0 Å². The van der Waals surface area contributed by atoms with Gasteiger partial charge in [-0.2, -0.15) is 0 Å². The van der Waals surface area contributed by atoms with E-state index in [0.717, 1.165) is 43.3 Å². The van der Waals surface area contributed by atoms with Crippen LogP contribution in [0.1, 0.15) is 59.2 Å². The van der Waals surface area contributed by atoms with Crippen LogP contribution in [-0.4, -0.2) is 29.0 Å². The molecule has 4 nitrogen and oxygen atoms in total. The Kier molecular flexibility index (Phi) is 16.3. The Balaban J connectivity index is 0.00000116. The van der Waals surface area contributed by atoms with Crippen LogP contribution >= 0.6 is 23.2 Å². The molecule has 3 rings (SSSR count). The van der Waals surface area contributed by atoms with Crippen molar-refractivity contribution >= 4 is 34.1 Å². The summed E-state index contributed by atoms with van der Waals surface area (Å²) in [7, 11) is 0. The minimum atomic E-state index is -0.654. The first-order chi connectivity index (χ1) is 15.0. The summed E-state index contributed by atoms with van der Waals surface area (Å²) in [6.45, 7) is 17.6. The summed E-state index contributed by atoms with van der Waals surface area (Å²) in [5.41, 5.74) is 3.52. The maximum atomic E-state index is 10.3. The normalized spacial score (nSPS) is 13.5. The highest BCUT2D eigenvalue weighted by Gasteiger charge is 2.22. The lowest BCUT2D eigenvalue weighted by Crippen LogP contribution is -2.29. The molecule has 0 amide bonds. The molecule has 31 heavy (non-hydrogen) atoms. The van der Waals surface area contributed by atoms with Crippen LogP contribution in [0.3, 0.4) is 0 Å². The molecule has 6 heteroatoms. The third-order valence-corrected chi connectivity index (χ3v) is 5.23. The number of aromatic nitrogens is 1. The number of aliphatic hydroxyl groups is 1. The van der Waals surface area contributed by atoms with E-state index < -0.39 is 6.23 Å². The smallest absolute Gasteiger partial charge is 0.142 e. The molecule has 176 valence electrons. The van der Waals surface area contributed by atoms with E-state index in [1.54, 1.807) is 12.3 Å². The quantitative estimate of drug-likeness (QED) is 0.336. The highest BCUT2D eigenvalue weighted by atomic mass is 35.5. The molecule has 0 spiro atoms. The zero-order valence-electron chi connectivity index (χ0n) is 20.1. The number of hydrogen-bond donors (Lipinski definition) is 3. The van der Waals surface area contributed by atoms with Gasteiger partial charge in [-0.25, -0.2) is 0 Å². The number of benzene rings is 1. The average molecular weight is 471 g/mol. The third kappa shape index (κ3) is 8.53. The molecule has 1 aromatic carbocycles. The molecule has 0 radical (unpaired) electrons. The lowest BCUT2D eigenvalue weighted by Gasteiger charge is -2.16. The van der Waals surface area contributed by atoms with Crippen molar-refractivity contribution in [1.82, 2.24) is 15.2 Å². The number of hydrogen-bond acceptors (Lipinski definition) is 3. The van der Waals surface area contributed by atoms with Gasteiger partial charge in [-0.1, -0.05) is 70.0 Å². The number of allylic oxidation sites excluding steroid dienone is 2. The van der Waals surface area contributed by atoms with Crippen molar-refractivity contribution in [3.8, 4) is 0 Å². The van der Waals surface area contributed by atoms with Crippen LogP contribution < -0.4 is 10.6 Å². The van der Waals surface area contributed by atoms with Crippen molar-refractivity contribution < 1.29 is 5.11 Å². The SMILES string of the molecule is C=CC.CC.CC.CC/C=C/NC(O)Cn1c2c(c3c(Cl)c(Cl)ccc31)CCNCC2. The Morgan fingerprint density at radius 3 is 2.42 bits per heavy atom. The van der Waals surface area contributed by atoms with Crippen molar-refractivity contribution in [2.75, 3.05) is 13.1 Å². The Labute approximate surface area is 199 Å². The van der Waals surface area contributed by atoms with Crippen LogP contribution in [-0.2, 0) is 19.4 Å². The standard InChI is InChI=1S/C18H23Cl2N3O.C3H6.2C2H6/c1-2-3-8-22-16(24)11-23-14-7-10-21-9-6-12(14)17-15(23)5-4-13(19)18(17)20;1-3-2;2*1-2/h3-5,8,16,21-22,24H,2,6-7,9-11H2,1H3;3H,1H2,2H3;2*1-2H3/b8-3+;;;. The molecule has 1 atom stereocenters. The first-order valence-corrected chi connectivity index (χ1v) is 12.2. The Bertz CT molecular complexity index is 800. The lowest BCUT2D eigenvalue weighted by atomic mass is 10.1. The fourth-order valence-electron chi connectivity index (χ4n) is 3.34. The largest absolute Gasteiger partial charge is 0.372 e. The van der Waals surface area contributed by atoms with E-state index in [1.165, 1.54) is 11.3 Å². The first kappa shape index (κ1) is 29.5. The topological polar surface area (TPSA) is 49.2 Å². The van der Waals surface area contributed by atoms with E-state index in [0.29, 0.717) is 16.6 Å². The summed E-state index contributed by atoms with van der Waals surface area (Å²) in [5.74, 6) is 0. The second kappa shape index (κ2) is 17.1. The van der Waals surface area contributed by atoms with Gasteiger partial charge in [0.05, 0.1) is 22.1 Å². The highest BCUT2D eigenvalue weighted by Crippen LogP contribution is 2.37. The minimum Gasteiger partial charge on any atom is -0.372 e. The van der Waals surface area contributed by atoms with E-state index in [9.17, 15) is 5.11 Å². The Morgan fingerprint density at radius 1 is 1.19 bits per heavy atom. The third-order valence-electron chi connectivity index (χ3n) is 4.43. The lowest BCUT2D eigenvalue weighted by molar-refractivity contribution is 0.134. The number of halogens is 2.